The quantitative estimate of drug-likeness (QED) is 0.604. The largest absolute Gasteiger partial charge is 0.332 e. The van der Waals surface area contributed by atoms with E-state index in [-0.39, 0.29) is 17.8 Å². The van der Waals surface area contributed by atoms with Crippen LogP contribution in [0.1, 0.15) is 22.5 Å². The fourth-order valence-electron chi connectivity index (χ4n) is 3.17. The normalized spacial score (nSPS) is 11.7. The summed E-state index contributed by atoms with van der Waals surface area (Å²) in [5.74, 6) is 0.574. The van der Waals surface area contributed by atoms with Gasteiger partial charge in [-0.2, -0.15) is 4.98 Å². The third-order valence-corrected chi connectivity index (χ3v) is 4.78. The third kappa shape index (κ3) is 2.15. The molecule has 0 fully saturated rings. The number of H-pyrrole nitrogens is 1. The maximum absolute atomic E-state index is 13.1. The van der Waals surface area contributed by atoms with Gasteiger partial charge in [-0.3, -0.25) is 18.3 Å². The molecule has 0 aliphatic heterocycles. The molecule has 1 aromatic carbocycles. The summed E-state index contributed by atoms with van der Waals surface area (Å²) in [4.78, 5) is 33.4. The molecule has 0 amide bonds. The van der Waals surface area contributed by atoms with Gasteiger partial charge in [-0.25, -0.2) is 4.79 Å². The first-order valence-electron chi connectivity index (χ1n) is 8.11. The Labute approximate surface area is 143 Å². The Balaban J connectivity index is 2.04. The minimum absolute atomic E-state index is 0.234. The number of hydrogen-bond acceptors (Lipinski definition) is 3. The first kappa shape index (κ1) is 15.4. The van der Waals surface area contributed by atoms with Gasteiger partial charge in [-0.1, -0.05) is 29.8 Å². The van der Waals surface area contributed by atoms with E-state index < -0.39 is 0 Å². The Morgan fingerprint density at radius 2 is 1.76 bits per heavy atom. The standard InChI is InChI=1S/C18H19N5O2/c1-10-5-7-13(8-6-10)9-22-16(24)14-15(21(4)18(22)25)20-17-19-11(2)12(3)23(14)17/h5-8H,9H2,1-4H3,(H,19,20). The fraction of sp³-hybridized carbons (Fsp3) is 0.278. The van der Waals surface area contributed by atoms with Crippen LogP contribution < -0.4 is 11.2 Å². The molecule has 1 N–H and O–H groups in total. The van der Waals surface area contributed by atoms with Gasteiger partial charge in [0.25, 0.3) is 5.56 Å². The average molecular weight is 337 g/mol. The molecule has 0 saturated heterocycles. The first-order chi connectivity index (χ1) is 11.9. The van der Waals surface area contributed by atoms with Crippen LogP contribution in [0.25, 0.3) is 16.9 Å². The number of rotatable bonds is 2. The Hall–Kier alpha value is -3.09. The molecule has 0 radical (unpaired) electrons. The smallest absolute Gasteiger partial charge is 0.327 e. The summed E-state index contributed by atoms with van der Waals surface area (Å²) in [5, 5.41) is 0. The molecule has 0 atom stereocenters. The van der Waals surface area contributed by atoms with Gasteiger partial charge < -0.3 is 4.98 Å². The van der Waals surface area contributed by atoms with Crippen molar-refractivity contribution in [3.63, 3.8) is 0 Å². The van der Waals surface area contributed by atoms with Gasteiger partial charge in [0.15, 0.2) is 11.2 Å². The van der Waals surface area contributed by atoms with Crippen LogP contribution in [0.5, 0.6) is 0 Å². The Morgan fingerprint density at radius 1 is 1.08 bits per heavy atom. The van der Waals surface area contributed by atoms with Crippen LogP contribution >= 0.6 is 0 Å². The number of nitrogens with zero attached hydrogens (tertiary/aromatic N) is 4. The highest BCUT2D eigenvalue weighted by Gasteiger charge is 2.19. The Kier molecular flexibility index (Phi) is 3.21. The fourth-order valence-corrected chi connectivity index (χ4v) is 3.17. The molecule has 7 nitrogen and oxygen atoms in total. The molecule has 4 rings (SSSR count). The highest BCUT2D eigenvalue weighted by molar-refractivity contribution is 5.76. The van der Waals surface area contributed by atoms with Gasteiger partial charge in [0.2, 0.25) is 5.78 Å². The van der Waals surface area contributed by atoms with Crippen LogP contribution in [0.15, 0.2) is 33.9 Å². The van der Waals surface area contributed by atoms with E-state index >= 15 is 0 Å². The molecule has 4 aromatic rings. The van der Waals surface area contributed by atoms with Gasteiger partial charge in [0.05, 0.1) is 6.54 Å². The summed E-state index contributed by atoms with van der Waals surface area (Å²) in [6.45, 7) is 6.09. The van der Waals surface area contributed by atoms with Crippen molar-refractivity contribution in [2.24, 2.45) is 7.05 Å². The van der Waals surface area contributed by atoms with Crippen LogP contribution in [-0.2, 0) is 13.6 Å². The maximum atomic E-state index is 13.1. The van der Waals surface area contributed by atoms with Gasteiger partial charge in [-0.15, -0.1) is 0 Å². The Bertz CT molecular complexity index is 1240. The van der Waals surface area contributed by atoms with Crippen LogP contribution in [-0.4, -0.2) is 23.5 Å². The molecular weight excluding hydrogens is 318 g/mol. The van der Waals surface area contributed by atoms with E-state index in [1.807, 2.05) is 45.0 Å². The summed E-state index contributed by atoms with van der Waals surface area (Å²) in [6, 6.07) is 7.81. The van der Waals surface area contributed by atoms with Crippen molar-refractivity contribution in [1.29, 1.82) is 0 Å². The molecule has 0 aliphatic rings. The van der Waals surface area contributed by atoms with E-state index in [2.05, 4.69) is 9.97 Å². The average Bonchev–Trinajstić information content (AvgIpc) is 3.08. The zero-order valence-corrected chi connectivity index (χ0v) is 14.6. The first-order valence-corrected chi connectivity index (χ1v) is 8.11. The molecule has 0 aliphatic carbocycles. The Morgan fingerprint density at radius 3 is 2.44 bits per heavy atom. The molecule has 3 heterocycles. The summed E-state index contributed by atoms with van der Waals surface area (Å²) in [6.07, 6.45) is 0. The molecule has 0 saturated carbocycles. The summed E-state index contributed by atoms with van der Waals surface area (Å²) >= 11 is 0. The second kappa shape index (κ2) is 5.20. The van der Waals surface area contributed by atoms with Gasteiger partial charge >= 0.3 is 5.69 Å². The SMILES string of the molecule is Cc1ccc(Cn2c(=O)c3c(nc4[nH]c(C)c(C)n43)n(C)c2=O)cc1. The van der Waals surface area contributed by atoms with Crippen LogP contribution in [0.2, 0.25) is 0 Å². The van der Waals surface area contributed by atoms with Gasteiger partial charge in [0.1, 0.15) is 0 Å². The number of nitrogens with one attached hydrogen (secondary N) is 1. The predicted molar refractivity (Wildman–Crippen MR) is 96.3 cm³/mol. The van der Waals surface area contributed by atoms with Crippen LogP contribution in [0.4, 0.5) is 0 Å². The lowest BCUT2D eigenvalue weighted by Gasteiger charge is -2.09. The lowest BCUT2D eigenvalue weighted by molar-refractivity contribution is 0.656. The maximum Gasteiger partial charge on any atom is 0.332 e. The molecule has 25 heavy (non-hydrogen) atoms. The van der Waals surface area contributed by atoms with Crippen molar-refractivity contribution in [2.45, 2.75) is 27.3 Å². The lowest BCUT2D eigenvalue weighted by Crippen LogP contribution is -2.39. The predicted octanol–water partition coefficient (Wildman–Crippen LogP) is 1.65. The number of benzene rings is 1. The highest BCUT2D eigenvalue weighted by atomic mass is 16.2. The van der Waals surface area contributed by atoms with Gasteiger partial charge in [0, 0.05) is 18.4 Å². The number of imidazole rings is 2. The van der Waals surface area contributed by atoms with Crippen molar-refractivity contribution in [3.8, 4) is 0 Å². The molecule has 7 heteroatoms. The van der Waals surface area contributed by atoms with Crippen molar-refractivity contribution in [3.05, 3.63) is 67.6 Å². The number of aryl methyl sites for hydroxylation is 4. The van der Waals surface area contributed by atoms with E-state index in [9.17, 15) is 9.59 Å². The second-order valence-electron chi connectivity index (χ2n) is 6.50. The number of aromatic amines is 1. The van der Waals surface area contributed by atoms with Crippen molar-refractivity contribution >= 4 is 16.9 Å². The number of hydrogen-bond donors (Lipinski definition) is 1. The topological polar surface area (TPSA) is 77.1 Å². The third-order valence-electron chi connectivity index (χ3n) is 4.78. The zero-order chi connectivity index (χ0) is 17.9. The van der Waals surface area contributed by atoms with E-state index in [1.54, 1.807) is 11.4 Å². The lowest BCUT2D eigenvalue weighted by atomic mass is 10.1. The van der Waals surface area contributed by atoms with E-state index in [1.165, 1.54) is 9.13 Å². The zero-order valence-electron chi connectivity index (χ0n) is 14.6. The second-order valence-corrected chi connectivity index (χ2v) is 6.50. The minimum Gasteiger partial charge on any atom is -0.327 e. The molecule has 0 unspecified atom stereocenters. The monoisotopic (exact) mass is 337 g/mol. The number of fused-ring (bicyclic) bond motifs is 3. The summed E-state index contributed by atoms with van der Waals surface area (Å²) in [7, 11) is 1.64. The minimum atomic E-state index is -0.367. The molecule has 0 bridgehead atoms. The molecule has 3 aromatic heterocycles. The molecular formula is C18H19N5O2. The van der Waals surface area contributed by atoms with Crippen molar-refractivity contribution in [2.75, 3.05) is 0 Å². The highest BCUT2D eigenvalue weighted by Crippen LogP contribution is 2.16. The van der Waals surface area contributed by atoms with Gasteiger partial charge in [-0.05, 0) is 26.3 Å². The molecule has 128 valence electrons. The van der Waals surface area contributed by atoms with E-state index in [4.69, 9.17) is 0 Å². The van der Waals surface area contributed by atoms with Crippen LogP contribution in [0, 0.1) is 20.8 Å². The van der Waals surface area contributed by atoms with Crippen LogP contribution in [0.3, 0.4) is 0 Å². The van der Waals surface area contributed by atoms with Crippen molar-refractivity contribution in [1.82, 2.24) is 23.5 Å². The molecule has 0 spiro atoms. The van der Waals surface area contributed by atoms with E-state index in [0.717, 1.165) is 22.5 Å². The summed E-state index contributed by atoms with van der Waals surface area (Å²) < 4.78 is 4.49. The van der Waals surface area contributed by atoms with E-state index in [0.29, 0.717) is 16.9 Å². The number of aromatic nitrogens is 5. The van der Waals surface area contributed by atoms with Crippen molar-refractivity contribution < 1.29 is 0 Å². The summed E-state index contributed by atoms with van der Waals surface area (Å²) in [5.41, 5.74) is 4.03.